The van der Waals surface area contributed by atoms with Gasteiger partial charge in [-0.1, -0.05) is 31.2 Å². The molecule has 0 atom stereocenters. The van der Waals surface area contributed by atoms with Crippen molar-refractivity contribution in [1.29, 1.82) is 0 Å². The van der Waals surface area contributed by atoms with Gasteiger partial charge in [-0.2, -0.15) is 5.10 Å². The maximum Gasteiger partial charge on any atom is 0.325 e. The molecule has 2 N–H and O–H groups in total. The van der Waals surface area contributed by atoms with E-state index in [0.717, 1.165) is 40.2 Å². The zero-order valence-electron chi connectivity index (χ0n) is 16.0. The van der Waals surface area contributed by atoms with Gasteiger partial charge in [0.25, 0.3) is 5.91 Å². The number of nitrogens with zero attached hydrogens (tertiary/aromatic N) is 1. The molecule has 0 spiro atoms. The second-order valence-electron chi connectivity index (χ2n) is 6.69. The lowest BCUT2D eigenvalue weighted by atomic mass is 9.99. The Kier molecular flexibility index (Phi) is 5.29. The molecule has 7 nitrogen and oxygen atoms in total. The summed E-state index contributed by atoms with van der Waals surface area (Å²) in [5.74, 6) is 0.0613. The van der Waals surface area contributed by atoms with Crippen LogP contribution < -0.4 is 10.1 Å². The Hall–Kier alpha value is -3.61. The lowest BCUT2D eigenvalue weighted by Gasteiger charge is -2.17. The van der Waals surface area contributed by atoms with E-state index < -0.39 is 5.97 Å². The minimum Gasteiger partial charge on any atom is -0.488 e. The lowest BCUT2D eigenvalue weighted by molar-refractivity contribution is -0.142. The van der Waals surface area contributed by atoms with Crippen LogP contribution in [0.3, 0.4) is 0 Å². The fraction of sp³-hybridized carbons (Fsp3) is 0.227. The Morgan fingerprint density at radius 3 is 2.76 bits per heavy atom. The maximum atomic E-state index is 12.2. The van der Waals surface area contributed by atoms with Crippen molar-refractivity contribution in [2.24, 2.45) is 0 Å². The summed E-state index contributed by atoms with van der Waals surface area (Å²) in [6.07, 6.45) is 0.745. The fourth-order valence-corrected chi connectivity index (χ4v) is 3.22. The minimum absolute atomic E-state index is 0.149. The first kappa shape index (κ1) is 18.7. The van der Waals surface area contributed by atoms with Crippen molar-refractivity contribution in [2.75, 3.05) is 13.2 Å². The summed E-state index contributed by atoms with van der Waals surface area (Å²) in [5, 5.41) is 10.1. The molecule has 0 saturated carbocycles. The number of hydrogen-bond acceptors (Lipinski definition) is 5. The number of amides is 1. The van der Waals surface area contributed by atoms with E-state index in [-0.39, 0.29) is 12.5 Å². The predicted octanol–water partition coefficient (Wildman–Crippen LogP) is 3.32. The van der Waals surface area contributed by atoms with Gasteiger partial charge in [0.15, 0.2) is 0 Å². The Labute approximate surface area is 168 Å². The summed E-state index contributed by atoms with van der Waals surface area (Å²) in [6.45, 7) is 2.55. The molecule has 0 radical (unpaired) electrons. The smallest absolute Gasteiger partial charge is 0.325 e. The highest BCUT2D eigenvalue weighted by Crippen LogP contribution is 2.39. The molecule has 0 bridgehead atoms. The third-order valence-corrected chi connectivity index (χ3v) is 4.68. The number of hydrogen-bond donors (Lipinski definition) is 2. The van der Waals surface area contributed by atoms with Crippen molar-refractivity contribution in [1.82, 2.24) is 15.5 Å². The number of H-pyrrole nitrogens is 1. The second kappa shape index (κ2) is 8.18. The quantitative estimate of drug-likeness (QED) is 0.629. The van der Waals surface area contributed by atoms with E-state index in [9.17, 15) is 9.59 Å². The summed E-state index contributed by atoms with van der Waals surface area (Å²) in [5.41, 5.74) is 5.06. The van der Waals surface area contributed by atoms with Crippen LogP contribution in [-0.4, -0.2) is 35.2 Å². The third kappa shape index (κ3) is 3.85. The summed E-state index contributed by atoms with van der Waals surface area (Å²) in [6, 6.07) is 14.9. The van der Waals surface area contributed by atoms with E-state index in [2.05, 4.69) is 15.5 Å². The van der Waals surface area contributed by atoms with Crippen molar-refractivity contribution in [3.63, 3.8) is 0 Å². The topological polar surface area (TPSA) is 93.3 Å². The number of aromatic amines is 1. The van der Waals surface area contributed by atoms with Gasteiger partial charge in [-0.3, -0.25) is 14.7 Å². The number of rotatable bonds is 6. The monoisotopic (exact) mass is 391 g/mol. The molecule has 1 aliphatic rings. The molecule has 1 amide bonds. The van der Waals surface area contributed by atoms with E-state index in [0.29, 0.717) is 18.8 Å². The largest absolute Gasteiger partial charge is 0.488 e. The van der Waals surface area contributed by atoms with Crippen LogP contribution in [0.2, 0.25) is 0 Å². The number of carbonyl (C=O) groups excluding carboxylic acids is 2. The molecular formula is C22H21N3O4. The average Bonchev–Trinajstić information content (AvgIpc) is 3.21. The van der Waals surface area contributed by atoms with Gasteiger partial charge in [-0.15, -0.1) is 0 Å². The van der Waals surface area contributed by atoms with Crippen molar-refractivity contribution in [3.8, 4) is 28.3 Å². The number of carbonyl (C=O) groups is 2. The second-order valence-corrected chi connectivity index (χ2v) is 6.69. The van der Waals surface area contributed by atoms with E-state index in [1.807, 2.05) is 43.3 Å². The number of nitrogens with one attached hydrogen (secondary N) is 2. The standard InChI is InChI=1S/C22H21N3O4/c1-2-11-28-19(26)12-23-22(27)15-9-7-14(8-10-15)20-17-13-29-18-6-4-3-5-16(18)21(17)25-24-20/h3-10H,2,11-13H2,1H3,(H,23,27)(H,24,25). The first-order valence-corrected chi connectivity index (χ1v) is 9.51. The highest BCUT2D eigenvalue weighted by molar-refractivity contribution is 5.96. The molecular weight excluding hydrogens is 370 g/mol. The molecule has 1 aliphatic heterocycles. The zero-order valence-corrected chi connectivity index (χ0v) is 16.0. The minimum atomic E-state index is -0.444. The molecule has 0 unspecified atom stereocenters. The Morgan fingerprint density at radius 2 is 1.97 bits per heavy atom. The van der Waals surface area contributed by atoms with Crippen LogP contribution in [0.1, 0.15) is 29.3 Å². The van der Waals surface area contributed by atoms with Gasteiger partial charge in [-0.05, 0) is 30.7 Å². The molecule has 3 aromatic rings. The molecule has 148 valence electrons. The van der Waals surface area contributed by atoms with Crippen LogP contribution in [-0.2, 0) is 16.1 Å². The number of esters is 1. The van der Waals surface area contributed by atoms with E-state index in [4.69, 9.17) is 9.47 Å². The van der Waals surface area contributed by atoms with Gasteiger partial charge in [0, 0.05) is 22.3 Å². The summed E-state index contributed by atoms with van der Waals surface area (Å²) < 4.78 is 10.8. The third-order valence-electron chi connectivity index (χ3n) is 4.68. The van der Waals surface area contributed by atoms with Gasteiger partial charge in [0.1, 0.15) is 18.9 Å². The van der Waals surface area contributed by atoms with E-state index in [1.165, 1.54) is 0 Å². The number of benzene rings is 2. The van der Waals surface area contributed by atoms with Crippen molar-refractivity contribution < 1.29 is 19.1 Å². The summed E-state index contributed by atoms with van der Waals surface area (Å²) in [4.78, 5) is 23.7. The average molecular weight is 391 g/mol. The van der Waals surface area contributed by atoms with Crippen LogP contribution in [0.25, 0.3) is 22.5 Å². The molecule has 4 rings (SSSR count). The zero-order chi connectivity index (χ0) is 20.2. The Balaban J connectivity index is 1.48. The normalized spacial score (nSPS) is 11.8. The number of ether oxygens (including phenoxy) is 2. The van der Waals surface area contributed by atoms with Crippen molar-refractivity contribution in [2.45, 2.75) is 20.0 Å². The highest BCUT2D eigenvalue weighted by Gasteiger charge is 2.23. The summed E-state index contributed by atoms with van der Waals surface area (Å²) in [7, 11) is 0. The van der Waals surface area contributed by atoms with Gasteiger partial charge in [0.2, 0.25) is 0 Å². The molecule has 0 aliphatic carbocycles. The first-order chi connectivity index (χ1) is 14.2. The maximum absolute atomic E-state index is 12.2. The van der Waals surface area contributed by atoms with Crippen LogP contribution in [0, 0.1) is 0 Å². The molecule has 0 saturated heterocycles. The van der Waals surface area contributed by atoms with Crippen LogP contribution in [0.4, 0.5) is 0 Å². The molecule has 29 heavy (non-hydrogen) atoms. The van der Waals surface area contributed by atoms with Crippen molar-refractivity contribution >= 4 is 11.9 Å². The predicted molar refractivity (Wildman–Crippen MR) is 107 cm³/mol. The SMILES string of the molecule is CCCOC(=O)CNC(=O)c1ccc(-c2n[nH]c3c2COc2ccccc2-3)cc1. The van der Waals surface area contributed by atoms with E-state index in [1.54, 1.807) is 12.1 Å². The molecule has 1 aromatic heterocycles. The fourth-order valence-electron chi connectivity index (χ4n) is 3.22. The van der Waals surface area contributed by atoms with Crippen LogP contribution in [0.15, 0.2) is 48.5 Å². The van der Waals surface area contributed by atoms with Gasteiger partial charge < -0.3 is 14.8 Å². The van der Waals surface area contributed by atoms with Gasteiger partial charge in [-0.25, -0.2) is 0 Å². The number of para-hydroxylation sites is 1. The molecule has 2 heterocycles. The van der Waals surface area contributed by atoms with Crippen LogP contribution >= 0.6 is 0 Å². The van der Waals surface area contributed by atoms with Gasteiger partial charge >= 0.3 is 5.97 Å². The first-order valence-electron chi connectivity index (χ1n) is 9.51. The molecule has 0 fully saturated rings. The molecule has 2 aromatic carbocycles. The Morgan fingerprint density at radius 1 is 1.17 bits per heavy atom. The van der Waals surface area contributed by atoms with Crippen LogP contribution in [0.5, 0.6) is 5.75 Å². The lowest BCUT2D eigenvalue weighted by Crippen LogP contribution is -2.30. The highest BCUT2D eigenvalue weighted by atomic mass is 16.5. The van der Waals surface area contributed by atoms with Crippen molar-refractivity contribution in [3.05, 3.63) is 59.7 Å². The van der Waals surface area contributed by atoms with Gasteiger partial charge in [0.05, 0.1) is 18.0 Å². The number of fused-ring (bicyclic) bond motifs is 3. The van der Waals surface area contributed by atoms with E-state index >= 15 is 0 Å². The Bertz CT molecular complexity index is 1040. The summed E-state index contributed by atoms with van der Waals surface area (Å²) >= 11 is 0. The number of aromatic nitrogens is 2. The molecule has 7 heteroatoms.